The van der Waals surface area contributed by atoms with Crippen LogP contribution in [0.5, 0.6) is 0 Å². The maximum Gasteiger partial charge on any atom is 0.124 e. The van der Waals surface area contributed by atoms with E-state index in [1.807, 2.05) is 12.1 Å². The van der Waals surface area contributed by atoms with Crippen LogP contribution >= 0.6 is 11.6 Å². The van der Waals surface area contributed by atoms with Crippen molar-refractivity contribution >= 4 is 22.6 Å². The lowest BCUT2D eigenvalue weighted by atomic mass is 10.3. The monoisotopic (exact) mass is 275 g/mol. The van der Waals surface area contributed by atoms with Gasteiger partial charge in [-0.3, -0.25) is 0 Å². The van der Waals surface area contributed by atoms with Gasteiger partial charge in [-0.1, -0.05) is 17.7 Å². The van der Waals surface area contributed by atoms with Crippen molar-refractivity contribution in [2.24, 2.45) is 5.92 Å². The molecule has 0 atom stereocenters. The van der Waals surface area contributed by atoms with E-state index in [-0.39, 0.29) is 0 Å². The van der Waals surface area contributed by atoms with Gasteiger partial charge in [0.2, 0.25) is 0 Å². The second-order valence-corrected chi connectivity index (χ2v) is 6.22. The maximum absolute atomic E-state index is 6.36. The van der Waals surface area contributed by atoms with E-state index in [2.05, 4.69) is 16.0 Å². The fourth-order valence-electron chi connectivity index (χ4n) is 2.72. The molecule has 0 spiro atoms. The molecular formula is C15H18ClN3. The van der Waals surface area contributed by atoms with E-state index in [0.29, 0.717) is 6.04 Å². The number of hydrogen-bond donors (Lipinski definition) is 1. The molecule has 3 nitrogen and oxygen atoms in total. The molecule has 2 fully saturated rings. The Morgan fingerprint density at radius 1 is 1.26 bits per heavy atom. The van der Waals surface area contributed by atoms with Crippen LogP contribution in [0.1, 0.15) is 37.5 Å². The molecule has 1 N–H and O–H groups in total. The summed E-state index contributed by atoms with van der Waals surface area (Å²) >= 11 is 6.36. The molecule has 0 bridgehead atoms. The summed E-state index contributed by atoms with van der Waals surface area (Å²) in [6.45, 7) is 1.99. The third-order valence-corrected chi connectivity index (χ3v) is 4.36. The van der Waals surface area contributed by atoms with Gasteiger partial charge < -0.3 is 9.88 Å². The lowest BCUT2D eigenvalue weighted by Gasteiger charge is -2.09. The molecular weight excluding hydrogens is 258 g/mol. The van der Waals surface area contributed by atoms with Crippen LogP contribution in [-0.2, 0) is 6.54 Å². The fourth-order valence-corrected chi connectivity index (χ4v) is 2.98. The zero-order valence-electron chi connectivity index (χ0n) is 10.9. The van der Waals surface area contributed by atoms with Crippen LogP contribution in [0, 0.1) is 5.92 Å². The lowest BCUT2D eigenvalue weighted by Crippen LogP contribution is -2.19. The Bertz CT molecular complexity index is 611. The fraction of sp³-hybridized carbons (Fsp3) is 0.533. The summed E-state index contributed by atoms with van der Waals surface area (Å²) in [6, 6.07) is 6.62. The first-order chi connectivity index (χ1) is 9.33. The van der Waals surface area contributed by atoms with E-state index in [1.165, 1.54) is 25.7 Å². The van der Waals surface area contributed by atoms with Crippen LogP contribution in [0.15, 0.2) is 18.2 Å². The second-order valence-electron chi connectivity index (χ2n) is 5.81. The Labute approximate surface area is 118 Å². The van der Waals surface area contributed by atoms with Crippen LogP contribution in [0.4, 0.5) is 0 Å². The minimum absolute atomic E-state index is 0.614. The number of halogens is 1. The molecule has 2 saturated carbocycles. The summed E-state index contributed by atoms with van der Waals surface area (Å²) < 4.78 is 2.36. The largest absolute Gasteiger partial charge is 0.323 e. The zero-order valence-corrected chi connectivity index (χ0v) is 11.7. The molecule has 100 valence electrons. The Morgan fingerprint density at radius 2 is 2.11 bits per heavy atom. The quantitative estimate of drug-likeness (QED) is 0.905. The number of para-hydroxylation sites is 1. The number of fused-ring (bicyclic) bond motifs is 1. The predicted octanol–water partition coefficient (Wildman–Crippen LogP) is 3.52. The van der Waals surface area contributed by atoms with Gasteiger partial charge in [-0.2, -0.15) is 0 Å². The molecule has 0 amide bonds. The highest BCUT2D eigenvalue weighted by Gasteiger charge is 2.29. The van der Waals surface area contributed by atoms with Crippen molar-refractivity contribution < 1.29 is 0 Å². The van der Waals surface area contributed by atoms with Crippen LogP contribution < -0.4 is 5.32 Å². The Balaban J connectivity index is 1.67. The average molecular weight is 276 g/mol. The van der Waals surface area contributed by atoms with Crippen molar-refractivity contribution in [1.82, 2.24) is 14.9 Å². The van der Waals surface area contributed by atoms with Crippen LogP contribution in [0.3, 0.4) is 0 Å². The van der Waals surface area contributed by atoms with Crippen molar-refractivity contribution in [2.45, 2.75) is 38.3 Å². The molecule has 1 aromatic carbocycles. The topological polar surface area (TPSA) is 29.9 Å². The SMILES string of the molecule is Clc1cccc2nc(CNCC3CC3)n(C3CC3)c12. The molecule has 0 unspecified atom stereocenters. The first kappa shape index (κ1) is 11.7. The first-order valence-corrected chi connectivity index (χ1v) is 7.57. The van der Waals surface area contributed by atoms with Gasteiger partial charge >= 0.3 is 0 Å². The number of nitrogens with one attached hydrogen (secondary N) is 1. The molecule has 1 aromatic heterocycles. The minimum Gasteiger partial charge on any atom is -0.323 e. The Hall–Kier alpha value is -1.06. The van der Waals surface area contributed by atoms with E-state index in [9.17, 15) is 0 Å². The normalized spacial score (nSPS) is 19.2. The van der Waals surface area contributed by atoms with Crippen molar-refractivity contribution in [3.8, 4) is 0 Å². The van der Waals surface area contributed by atoms with Crippen molar-refractivity contribution in [2.75, 3.05) is 6.54 Å². The highest BCUT2D eigenvalue weighted by molar-refractivity contribution is 6.35. The Kier molecular flexibility index (Phi) is 2.78. The molecule has 2 aliphatic rings. The summed E-state index contributed by atoms with van der Waals surface area (Å²) in [7, 11) is 0. The smallest absolute Gasteiger partial charge is 0.124 e. The van der Waals surface area contributed by atoms with Crippen LogP contribution in [0.25, 0.3) is 11.0 Å². The van der Waals surface area contributed by atoms with Crippen molar-refractivity contribution in [3.63, 3.8) is 0 Å². The van der Waals surface area contributed by atoms with Crippen LogP contribution in [-0.4, -0.2) is 16.1 Å². The number of aromatic nitrogens is 2. The first-order valence-electron chi connectivity index (χ1n) is 7.19. The molecule has 1 heterocycles. The van der Waals surface area contributed by atoms with Gasteiger partial charge in [0, 0.05) is 6.04 Å². The predicted molar refractivity (Wildman–Crippen MR) is 77.4 cm³/mol. The van der Waals surface area contributed by atoms with Crippen molar-refractivity contribution in [3.05, 3.63) is 29.0 Å². The van der Waals surface area contributed by atoms with Gasteiger partial charge in [0.05, 0.1) is 22.6 Å². The lowest BCUT2D eigenvalue weighted by molar-refractivity contribution is 0.589. The summed E-state index contributed by atoms with van der Waals surface area (Å²) in [6.07, 6.45) is 5.29. The third kappa shape index (κ3) is 2.26. The molecule has 2 aliphatic carbocycles. The van der Waals surface area contributed by atoms with Gasteiger partial charge in [-0.25, -0.2) is 4.98 Å². The summed E-state index contributed by atoms with van der Waals surface area (Å²) in [5.74, 6) is 2.05. The second kappa shape index (κ2) is 4.50. The number of benzene rings is 1. The van der Waals surface area contributed by atoms with Crippen molar-refractivity contribution in [1.29, 1.82) is 0 Å². The van der Waals surface area contributed by atoms with Gasteiger partial charge in [-0.05, 0) is 50.3 Å². The van der Waals surface area contributed by atoms with Gasteiger partial charge in [0.15, 0.2) is 0 Å². The van der Waals surface area contributed by atoms with Gasteiger partial charge in [-0.15, -0.1) is 0 Å². The van der Waals surface area contributed by atoms with Gasteiger partial charge in [0.1, 0.15) is 5.82 Å². The highest BCUT2D eigenvalue weighted by atomic mass is 35.5. The molecule has 2 aromatic rings. The van der Waals surface area contributed by atoms with Crippen LogP contribution in [0.2, 0.25) is 5.02 Å². The summed E-state index contributed by atoms with van der Waals surface area (Å²) in [4.78, 5) is 4.77. The van der Waals surface area contributed by atoms with Gasteiger partial charge in [0.25, 0.3) is 0 Å². The number of rotatable bonds is 5. The average Bonchev–Trinajstić information content (AvgIpc) is 3.29. The standard InChI is InChI=1S/C15H18ClN3/c16-12-2-1-3-13-15(12)19(11-6-7-11)14(18-13)9-17-8-10-4-5-10/h1-3,10-11,17H,4-9H2. The summed E-state index contributed by atoms with van der Waals surface area (Å²) in [5.41, 5.74) is 2.15. The zero-order chi connectivity index (χ0) is 12.8. The van der Waals surface area contributed by atoms with E-state index in [4.69, 9.17) is 16.6 Å². The molecule has 4 rings (SSSR count). The molecule has 19 heavy (non-hydrogen) atoms. The third-order valence-electron chi connectivity index (χ3n) is 4.06. The molecule has 0 saturated heterocycles. The number of nitrogens with zero attached hydrogens (tertiary/aromatic N) is 2. The van der Waals surface area contributed by atoms with E-state index >= 15 is 0 Å². The van der Waals surface area contributed by atoms with E-state index in [1.54, 1.807) is 0 Å². The highest BCUT2D eigenvalue weighted by Crippen LogP contribution is 2.40. The molecule has 0 radical (unpaired) electrons. The minimum atomic E-state index is 0.614. The Morgan fingerprint density at radius 3 is 2.84 bits per heavy atom. The maximum atomic E-state index is 6.36. The van der Waals surface area contributed by atoms with E-state index < -0.39 is 0 Å². The number of hydrogen-bond acceptors (Lipinski definition) is 2. The van der Waals surface area contributed by atoms with E-state index in [0.717, 1.165) is 40.9 Å². The molecule has 0 aliphatic heterocycles. The summed E-state index contributed by atoms with van der Waals surface area (Å²) in [5, 5.41) is 4.37. The molecule has 4 heteroatoms. The number of imidazole rings is 1.